The lowest BCUT2D eigenvalue weighted by atomic mass is 9.87. The first-order valence-corrected chi connectivity index (χ1v) is 10.2. The van der Waals surface area contributed by atoms with Gasteiger partial charge in [-0.1, -0.05) is 0 Å². The number of rotatable bonds is 6. The Bertz CT molecular complexity index is 744. The number of hydrogen-bond acceptors (Lipinski definition) is 7. The molecule has 3 N–H and O–H groups in total. The quantitative estimate of drug-likeness (QED) is 0.793. The van der Waals surface area contributed by atoms with Gasteiger partial charge in [-0.2, -0.15) is 0 Å². The Morgan fingerprint density at radius 2 is 1.86 bits per heavy atom. The highest BCUT2D eigenvalue weighted by Crippen LogP contribution is 2.34. The molecule has 0 unspecified atom stereocenters. The maximum absolute atomic E-state index is 6.29. The first kappa shape index (κ1) is 19.0. The van der Waals surface area contributed by atoms with Crippen LogP contribution in [-0.4, -0.2) is 48.9 Å². The van der Waals surface area contributed by atoms with Gasteiger partial charge in [-0.05, 0) is 55.9 Å². The monoisotopic (exact) mass is 383 g/mol. The number of benzene rings is 1. The number of hydrogen-bond donors (Lipinski definition) is 2. The largest absolute Gasteiger partial charge is 0.491 e. The summed E-state index contributed by atoms with van der Waals surface area (Å²) in [5.74, 6) is 2.10. The molecule has 4 rings (SSSR count). The topological polar surface area (TPSA) is 85.5 Å². The van der Waals surface area contributed by atoms with Crippen LogP contribution in [0.2, 0.25) is 0 Å². The molecule has 1 saturated heterocycles. The number of nitrogens with two attached hydrogens (primary N) is 1. The second-order valence-electron chi connectivity index (χ2n) is 7.57. The van der Waals surface area contributed by atoms with Gasteiger partial charge < -0.3 is 25.4 Å². The number of ether oxygens (including phenoxy) is 2. The number of nitrogens with zero attached hydrogens (tertiary/aromatic N) is 3. The molecular formula is C21H29N5O2. The van der Waals surface area contributed by atoms with Crippen molar-refractivity contribution in [2.75, 3.05) is 43.1 Å². The Hall–Kier alpha value is -2.38. The summed E-state index contributed by atoms with van der Waals surface area (Å²) in [6.45, 7) is 3.94. The number of aromatic nitrogens is 2. The van der Waals surface area contributed by atoms with Crippen LogP contribution in [0.1, 0.15) is 25.7 Å². The van der Waals surface area contributed by atoms with Crippen LogP contribution in [-0.2, 0) is 4.74 Å². The fourth-order valence-electron chi connectivity index (χ4n) is 3.82. The third-order valence-electron chi connectivity index (χ3n) is 5.50. The highest BCUT2D eigenvalue weighted by Gasteiger charge is 2.21. The summed E-state index contributed by atoms with van der Waals surface area (Å²) in [7, 11) is 0. The van der Waals surface area contributed by atoms with Crippen molar-refractivity contribution in [2.45, 2.75) is 31.7 Å². The highest BCUT2D eigenvalue weighted by atomic mass is 16.5. The summed E-state index contributed by atoms with van der Waals surface area (Å²) in [5, 5.41) is 3.27. The SMILES string of the molecule is NC1CCC(COc2ccc(Nc3ncccn3)cc2N2CCOCC2)CC1. The summed E-state index contributed by atoms with van der Waals surface area (Å²) in [5.41, 5.74) is 8.07. The van der Waals surface area contributed by atoms with Gasteiger partial charge in [0.05, 0.1) is 25.5 Å². The van der Waals surface area contributed by atoms with E-state index in [1.165, 1.54) is 0 Å². The van der Waals surface area contributed by atoms with E-state index >= 15 is 0 Å². The van der Waals surface area contributed by atoms with Crippen LogP contribution in [0.5, 0.6) is 5.75 Å². The zero-order valence-corrected chi connectivity index (χ0v) is 16.2. The van der Waals surface area contributed by atoms with Gasteiger partial charge in [0, 0.05) is 37.2 Å². The summed E-state index contributed by atoms with van der Waals surface area (Å²) >= 11 is 0. The smallest absolute Gasteiger partial charge is 0.227 e. The summed E-state index contributed by atoms with van der Waals surface area (Å²) < 4.78 is 11.8. The normalized spacial score (nSPS) is 22.7. The van der Waals surface area contributed by atoms with E-state index in [1.54, 1.807) is 18.5 Å². The third kappa shape index (κ3) is 4.91. The average molecular weight is 383 g/mol. The molecule has 0 amide bonds. The van der Waals surface area contributed by atoms with Crippen molar-refractivity contribution in [1.82, 2.24) is 9.97 Å². The minimum Gasteiger partial charge on any atom is -0.491 e. The zero-order chi connectivity index (χ0) is 19.2. The van der Waals surface area contributed by atoms with Crippen LogP contribution in [0.3, 0.4) is 0 Å². The Labute approximate surface area is 166 Å². The zero-order valence-electron chi connectivity index (χ0n) is 16.2. The minimum atomic E-state index is 0.366. The van der Waals surface area contributed by atoms with Gasteiger partial charge >= 0.3 is 0 Å². The van der Waals surface area contributed by atoms with Crippen LogP contribution < -0.4 is 20.7 Å². The first-order chi connectivity index (χ1) is 13.8. The number of anilines is 3. The van der Waals surface area contributed by atoms with Gasteiger partial charge in [-0.3, -0.25) is 0 Å². The molecule has 1 aliphatic carbocycles. The minimum absolute atomic E-state index is 0.366. The molecule has 1 aromatic carbocycles. The molecule has 28 heavy (non-hydrogen) atoms. The fourth-order valence-corrected chi connectivity index (χ4v) is 3.82. The lowest BCUT2D eigenvalue weighted by Gasteiger charge is -2.31. The van der Waals surface area contributed by atoms with E-state index in [4.69, 9.17) is 15.2 Å². The molecule has 150 valence electrons. The van der Waals surface area contributed by atoms with Crippen molar-refractivity contribution in [3.8, 4) is 5.75 Å². The lowest BCUT2D eigenvalue weighted by Crippen LogP contribution is -2.36. The molecule has 1 aliphatic heterocycles. The molecule has 2 aliphatic rings. The molecule has 2 aromatic rings. The predicted molar refractivity (Wildman–Crippen MR) is 110 cm³/mol. The number of morpholine rings is 1. The van der Waals surface area contributed by atoms with Gasteiger partial charge in [0.2, 0.25) is 5.95 Å². The van der Waals surface area contributed by atoms with Gasteiger partial charge in [0.1, 0.15) is 5.75 Å². The second kappa shape index (κ2) is 9.21. The molecule has 2 fully saturated rings. The van der Waals surface area contributed by atoms with Crippen LogP contribution >= 0.6 is 0 Å². The second-order valence-corrected chi connectivity index (χ2v) is 7.57. The summed E-state index contributed by atoms with van der Waals surface area (Å²) in [6.07, 6.45) is 7.96. The Kier molecular flexibility index (Phi) is 6.24. The Balaban J connectivity index is 1.49. The van der Waals surface area contributed by atoms with Crippen molar-refractivity contribution >= 4 is 17.3 Å². The standard InChI is InChI=1S/C21H29N5O2/c22-17-4-2-16(3-5-17)15-28-20-7-6-18(25-21-23-8-1-9-24-21)14-19(20)26-10-12-27-13-11-26/h1,6-9,14,16-17H,2-5,10-13,15,22H2,(H,23,24,25). The van der Waals surface area contributed by atoms with Crippen LogP contribution in [0, 0.1) is 5.92 Å². The van der Waals surface area contributed by atoms with E-state index in [-0.39, 0.29) is 0 Å². The fraction of sp³-hybridized carbons (Fsp3) is 0.524. The molecular weight excluding hydrogens is 354 g/mol. The van der Waals surface area contributed by atoms with E-state index in [1.807, 2.05) is 12.1 Å². The molecule has 2 heterocycles. The number of nitrogens with one attached hydrogen (secondary N) is 1. The van der Waals surface area contributed by atoms with Gasteiger partial charge in [0.15, 0.2) is 0 Å². The Morgan fingerprint density at radius 3 is 2.61 bits per heavy atom. The summed E-state index contributed by atoms with van der Waals surface area (Å²) in [6, 6.07) is 8.36. The van der Waals surface area contributed by atoms with E-state index < -0.39 is 0 Å². The predicted octanol–water partition coefficient (Wildman–Crippen LogP) is 2.95. The van der Waals surface area contributed by atoms with Crippen molar-refractivity contribution in [3.63, 3.8) is 0 Å². The highest BCUT2D eigenvalue weighted by molar-refractivity contribution is 5.68. The van der Waals surface area contributed by atoms with Gasteiger partial charge in [-0.25, -0.2) is 9.97 Å². The van der Waals surface area contributed by atoms with E-state index in [9.17, 15) is 0 Å². The van der Waals surface area contributed by atoms with Crippen molar-refractivity contribution in [2.24, 2.45) is 11.7 Å². The first-order valence-electron chi connectivity index (χ1n) is 10.2. The van der Waals surface area contributed by atoms with Crippen LogP contribution in [0.15, 0.2) is 36.7 Å². The maximum atomic E-state index is 6.29. The molecule has 0 atom stereocenters. The van der Waals surface area contributed by atoms with Crippen molar-refractivity contribution < 1.29 is 9.47 Å². The van der Waals surface area contributed by atoms with Crippen molar-refractivity contribution in [1.29, 1.82) is 0 Å². The lowest BCUT2D eigenvalue weighted by molar-refractivity contribution is 0.122. The Morgan fingerprint density at radius 1 is 1.11 bits per heavy atom. The molecule has 0 bridgehead atoms. The van der Waals surface area contributed by atoms with Crippen molar-refractivity contribution in [3.05, 3.63) is 36.7 Å². The van der Waals surface area contributed by atoms with Gasteiger partial charge in [-0.15, -0.1) is 0 Å². The average Bonchev–Trinajstić information content (AvgIpc) is 2.75. The van der Waals surface area contributed by atoms with Crippen LogP contribution in [0.25, 0.3) is 0 Å². The summed E-state index contributed by atoms with van der Waals surface area (Å²) in [4.78, 5) is 10.8. The molecule has 7 heteroatoms. The van der Waals surface area contributed by atoms with Crippen LogP contribution in [0.4, 0.5) is 17.3 Å². The third-order valence-corrected chi connectivity index (χ3v) is 5.50. The maximum Gasteiger partial charge on any atom is 0.227 e. The molecule has 1 saturated carbocycles. The van der Waals surface area contributed by atoms with E-state index in [0.717, 1.165) is 75.7 Å². The van der Waals surface area contributed by atoms with E-state index in [2.05, 4.69) is 26.3 Å². The molecule has 7 nitrogen and oxygen atoms in total. The molecule has 0 spiro atoms. The van der Waals surface area contributed by atoms with Gasteiger partial charge in [0.25, 0.3) is 0 Å². The van der Waals surface area contributed by atoms with E-state index in [0.29, 0.717) is 17.9 Å². The molecule has 0 radical (unpaired) electrons. The molecule has 1 aromatic heterocycles.